The fourth-order valence-electron chi connectivity index (χ4n) is 4.46. The molecule has 0 heterocycles. The molecule has 0 saturated heterocycles. The molecule has 0 radical (unpaired) electrons. The Balaban J connectivity index is 1.96. The Morgan fingerprint density at radius 3 is 1.77 bits per heavy atom. The molecule has 1 aliphatic rings. The van der Waals surface area contributed by atoms with Crippen LogP contribution in [0.3, 0.4) is 0 Å². The van der Waals surface area contributed by atoms with Crippen LogP contribution >= 0.6 is 7.05 Å². The van der Waals surface area contributed by atoms with Crippen LogP contribution in [0, 0.1) is 0 Å². The summed E-state index contributed by atoms with van der Waals surface area (Å²) in [7, 11) is -1.50. The summed E-state index contributed by atoms with van der Waals surface area (Å²) in [6, 6.07) is 15.9. The van der Waals surface area contributed by atoms with Crippen molar-refractivity contribution in [3.63, 3.8) is 0 Å². The minimum absolute atomic E-state index is 0.403. The van der Waals surface area contributed by atoms with E-state index in [1.54, 1.807) is 0 Å². The molecule has 2 aromatic carbocycles. The van der Waals surface area contributed by atoms with Gasteiger partial charge in [-0.2, -0.15) is 9.97 Å². The fourth-order valence-corrected chi connectivity index (χ4v) is 8.33. The number of hydrogen-bond acceptors (Lipinski definition) is 2. The Morgan fingerprint density at radius 1 is 0.742 bits per heavy atom. The maximum atomic E-state index is 11.1. The summed E-state index contributed by atoms with van der Waals surface area (Å²) >= 11 is 0. The van der Waals surface area contributed by atoms with Gasteiger partial charge in [0.05, 0.1) is 0 Å². The van der Waals surface area contributed by atoms with Gasteiger partial charge in [0, 0.05) is 7.05 Å². The molecule has 0 saturated carbocycles. The first-order valence-corrected chi connectivity index (χ1v) is 14.3. The molecule has 0 amide bonds. The first kappa shape index (κ1) is 23.9. The van der Waals surface area contributed by atoms with E-state index in [1.165, 1.54) is 57.0 Å². The average Bonchev–Trinajstić information content (AvgIpc) is 2.82. The van der Waals surface area contributed by atoms with E-state index in [2.05, 4.69) is 49.3 Å². The van der Waals surface area contributed by atoms with Crippen molar-refractivity contribution in [2.24, 2.45) is 15.2 Å². The van der Waals surface area contributed by atoms with Crippen molar-refractivity contribution in [2.75, 3.05) is 18.5 Å². The molecule has 0 fully saturated rings. The number of hydrogen-bond donors (Lipinski definition) is 1. The standard InChI is InChI=1S/C26H38N3OP/c1-4-7-18-31(19-8-5-2,20-9-6-3)29-28-27-25-23-16-12-10-14-21(23)22-15-11-13-17-24(22)26(25)30/h10-17,25-26,30H,4-9,18-20H2,1-3H3. The molecule has 1 N–H and O–H groups in total. The van der Waals surface area contributed by atoms with E-state index in [0.717, 1.165) is 22.3 Å². The Kier molecular flexibility index (Phi) is 9.04. The number of aliphatic hydroxyl groups excluding tert-OH is 1. The highest BCUT2D eigenvalue weighted by Gasteiger charge is 2.32. The van der Waals surface area contributed by atoms with E-state index >= 15 is 0 Å². The van der Waals surface area contributed by atoms with E-state index in [-0.39, 0.29) is 0 Å². The van der Waals surface area contributed by atoms with Gasteiger partial charge >= 0.3 is 0 Å². The second-order valence-corrected chi connectivity index (χ2v) is 12.4. The summed E-state index contributed by atoms with van der Waals surface area (Å²) in [4.78, 5) is 4.98. The van der Waals surface area contributed by atoms with Crippen molar-refractivity contribution in [1.29, 1.82) is 0 Å². The predicted molar refractivity (Wildman–Crippen MR) is 133 cm³/mol. The first-order valence-electron chi connectivity index (χ1n) is 12.0. The van der Waals surface area contributed by atoms with Gasteiger partial charge in [-0.3, -0.25) is 0 Å². The molecule has 2 atom stereocenters. The van der Waals surface area contributed by atoms with E-state index in [0.29, 0.717) is 0 Å². The van der Waals surface area contributed by atoms with Crippen LogP contribution in [0.5, 0.6) is 0 Å². The van der Waals surface area contributed by atoms with E-state index in [9.17, 15) is 5.11 Å². The summed E-state index contributed by atoms with van der Waals surface area (Å²) in [5.74, 6) is 0. The van der Waals surface area contributed by atoms with Crippen LogP contribution in [-0.2, 0) is 0 Å². The lowest BCUT2D eigenvalue weighted by atomic mass is 9.81. The molecule has 4 nitrogen and oxygen atoms in total. The molecule has 31 heavy (non-hydrogen) atoms. The molecule has 2 unspecified atom stereocenters. The Labute approximate surface area is 188 Å². The minimum atomic E-state index is -1.50. The predicted octanol–water partition coefficient (Wildman–Crippen LogP) is 8.41. The topological polar surface area (TPSA) is 57.3 Å². The lowest BCUT2D eigenvalue weighted by molar-refractivity contribution is 0.143. The monoisotopic (exact) mass is 439 g/mol. The highest BCUT2D eigenvalue weighted by atomic mass is 31.2. The average molecular weight is 440 g/mol. The summed E-state index contributed by atoms with van der Waals surface area (Å²) in [6.45, 7) is 6.76. The Hall–Kier alpha value is -1.77. The third kappa shape index (κ3) is 5.73. The van der Waals surface area contributed by atoms with Crippen LogP contribution in [-0.4, -0.2) is 23.6 Å². The quantitative estimate of drug-likeness (QED) is 0.213. The summed E-state index contributed by atoms with van der Waals surface area (Å²) in [5.41, 5.74) is 4.18. The molecule has 5 heteroatoms. The number of benzene rings is 2. The molecule has 2 aromatic rings. The summed E-state index contributed by atoms with van der Waals surface area (Å²) in [6.07, 6.45) is 10.0. The van der Waals surface area contributed by atoms with Crippen molar-refractivity contribution in [3.05, 3.63) is 59.7 Å². The molecule has 1 aliphatic carbocycles. The third-order valence-corrected chi connectivity index (χ3v) is 10.2. The van der Waals surface area contributed by atoms with Crippen LogP contribution in [0.1, 0.15) is 82.6 Å². The molecule has 0 bridgehead atoms. The van der Waals surface area contributed by atoms with Gasteiger partial charge in [0.25, 0.3) is 0 Å². The highest BCUT2D eigenvalue weighted by molar-refractivity contribution is 7.66. The van der Waals surface area contributed by atoms with Crippen LogP contribution < -0.4 is 0 Å². The molecular weight excluding hydrogens is 401 g/mol. The van der Waals surface area contributed by atoms with Crippen LogP contribution in [0.4, 0.5) is 0 Å². The van der Waals surface area contributed by atoms with E-state index in [1.807, 2.05) is 30.3 Å². The highest BCUT2D eigenvalue weighted by Crippen LogP contribution is 2.53. The number of unbranched alkanes of at least 4 members (excludes halogenated alkanes) is 3. The zero-order chi connectivity index (χ0) is 22.1. The van der Waals surface area contributed by atoms with Crippen molar-refractivity contribution in [2.45, 2.75) is 71.4 Å². The van der Waals surface area contributed by atoms with Gasteiger partial charge in [0.15, 0.2) is 0 Å². The molecule has 0 aliphatic heterocycles. The zero-order valence-corrected chi connectivity index (χ0v) is 20.3. The number of rotatable bonds is 11. The summed E-state index contributed by atoms with van der Waals surface area (Å²) < 4.78 is 0. The Bertz CT molecular complexity index is 896. The molecule has 168 valence electrons. The second-order valence-electron chi connectivity index (χ2n) is 8.69. The van der Waals surface area contributed by atoms with Gasteiger partial charge in [-0.05, 0) is 60.0 Å². The van der Waals surface area contributed by atoms with Gasteiger partial charge in [-0.25, -0.2) is 0 Å². The van der Waals surface area contributed by atoms with Crippen LogP contribution in [0.15, 0.2) is 63.7 Å². The zero-order valence-electron chi connectivity index (χ0n) is 19.4. The normalized spacial score (nSPS) is 18.1. The SMILES string of the molecule is CCCCP(CCCC)(CCCC)=NN=NC1c2ccccc2-c2ccccc2C1O. The van der Waals surface area contributed by atoms with Gasteiger partial charge in [0.2, 0.25) is 0 Å². The van der Waals surface area contributed by atoms with Gasteiger partial charge in [0.1, 0.15) is 12.1 Å². The minimum Gasteiger partial charge on any atom is -0.386 e. The number of aliphatic hydroxyl groups is 1. The maximum absolute atomic E-state index is 11.1. The van der Waals surface area contributed by atoms with Crippen molar-refractivity contribution in [1.82, 2.24) is 0 Å². The fraction of sp³-hybridized carbons (Fsp3) is 0.538. The number of nitrogens with zero attached hydrogens (tertiary/aromatic N) is 3. The summed E-state index contributed by atoms with van der Waals surface area (Å²) in [5, 5.41) is 20.3. The third-order valence-electron chi connectivity index (χ3n) is 6.34. The second kappa shape index (κ2) is 11.7. The molecule has 0 spiro atoms. The van der Waals surface area contributed by atoms with Gasteiger partial charge < -0.3 is 5.11 Å². The van der Waals surface area contributed by atoms with Crippen molar-refractivity contribution < 1.29 is 5.11 Å². The molecule has 0 aromatic heterocycles. The van der Waals surface area contributed by atoms with Crippen LogP contribution in [0.2, 0.25) is 0 Å². The largest absolute Gasteiger partial charge is 0.386 e. The van der Waals surface area contributed by atoms with Gasteiger partial charge in [-0.1, -0.05) is 93.8 Å². The first-order chi connectivity index (χ1) is 15.2. The van der Waals surface area contributed by atoms with Gasteiger partial charge in [-0.15, -0.1) is 0 Å². The van der Waals surface area contributed by atoms with Crippen LogP contribution in [0.25, 0.3) is 11.1 Å². The Morgan fingerprint density at radius 2 is 1.23 bits per heavy atom. The van der Waals surface area contributed by atoms with E-state index < -0.39 is 19.2 Å². The van der Waals surface area contributed by atoms with E-state index in [4.69, 9.17) is 4.85 Å². The number of fused-ring (bicyclic) bond motifs is 3. The van der Waals surface area contributed by atoms with Crippen molar-refractivity contribution >= 4 is 7.05 Å². The maximum Gasteiger partial charge on any atom is 0.129 e. The molecular formula is C26H38N3OP. The lowest BCUT2D eigenvalue weighted by Crippen LogP contribution is -2.15. The van der Waals surface area contributed by atoms with Crippen molar-refractivity contribution in [3.8, 4) is 11.1 Å². The molecule has 3 rings (SSSR count). The lowest BCUT2D eigenvalue weighted by Gasteiger charge is -2.29. The smallest absolute Gasteiger partial charge is 0.129 e.